The molecule has 156 valence electrons. The number of benzene rings is 2. The quantitative estimate of drug-likeness (QED) is 0.488. The van der Waals surface area contributed by atoms with Crippen molar-refractivity contribution in [2.75, 3.05) is 5.32 Å². The van der Waals surface area contributed by atoms with Gasteiger partial charge in [-0.3, -0.25) is 5.32 Å². The van der Waals surface area contributed by atoms with Crippen LogP contribution >= 0.6 is 11.3 Å². The van der Waals surface area contributed by atoms with Crippen LogP contribution in [-0.4, -0.2) is 17.7 Å². The number of carbonyl (C=O) groups excluding carboxylic acids is 2. The van der Waals surface area contributed by atoms with Crippen molar-refractivity contribution in [3.63, 3.8) is 0 Å². The third-order valence-electron chi connectivity index (χ3n) is 3.96. The maximum absolute atomic E-state index is 13.8. The first kappa shape index (κ1) is 21.5. The molecule has 3 aromatic rings. The van der Waals surface area contributed by atoms with Gasteiger partial charge in [0.15, 0.2) is 0 Å². The number of thiophene rings is 1. The molecular formula is C23H22FNO4S. The minimum absolute atomic E-state index is 0.0734. The van der Waals surface area contributed by atoms with Gasteiger partial charge in [-0.25, -0.2) is 14.0 Å². The molecule has 30 heavy (non-hydrogen) atoms. The second-order valence-corrected chi connectivity index (χ2v) is 8.43. The van der Waals surface area contributed by atoms with Crippen molar-refractivity contribution in [3.05, 3.63) is 76.9 Å². The molecule has 0 spiro atoms. The normalized spacial score (nSPS) is 11.1. The van der Waals surface area contributed by atoms with E-state index in [0.717, 1.165) is 16.9 Å². The Morgan fingerprint density at radius 1 is 1.07 bits per heavy atom. The highest BCUT2D eigenvalue weighted by atomic mass is 32.1. The first-order valence-corrected chi connectivity index (χ1v) is 10.2. The molecule has 1 aromatic heterocycles. The Hall–Kier alpha value is -3.19. The summed E-state index contributed by atoms with van der Waals surface area (Å²) in [7, 11) is 0. The van der Waals surface area contributed by atoms with Gasteiger partial charge in [-0.05, 0) is 44.0 Å². The van der Waals surface area contributed by atoms with E-state index in [9.17, 15) is 14.0 Å². The van der Waals surface area contributed by atoms with Crippen molar-refractivity contribution < 1.29 is 23.5 Å². The van der Waals surface area contributed by atoms with Crippen molar-refractivity contribution in [1.29, 1.82) is 0 Å². The van der Waals surface area contributed by atoms with Crippen LogP contribution in [0.3, 0.4) is 0 Å². The monoisotopic (exact) mass is 427 g/mol. The van der Waals surface area contributed by atoms with Gasteiger partial charge in [0.05, 0.1) is 0 Å². The molecule has 1 N–H and O–H groups in total. The Kier molecular flexibility index (Phi) is 6.52. The van der Waals surface area contributed by atoms with E-state index in [-0.39, 0.29) is 17.2 Å². The molecular weight excluding hydrogens is 405 g/mol. The third kappa shape index (κ3) is 5.67. The fourth-order valence-corrected chi connectivity index (χ4v) is 3.66. The second-order valence-electron chi connectivity index (χ2n) is 7.55. The Morgan fingerprint density at radius 3 is 2.47 bits per heavy atom. The molecule has 0 aliphatic carbocycles. The average molecular weight is 427 g/mol. The van der Waals surface area contributed by atoms with Crippen LogP contribution in [0.1, 0.15) is 36.7 Å². The summed E-state index contributed by atoms with van der Waals surface area (Å²) >= 11 is 1.15. The largest absolute Gasteiger partial charge is 0.457 e. The van der Waals surface area contributed by atoms with Crippen LogP contribution < -0.4 is 5.32 Å². The minimum atomic E-state index is -0.694. The lowest BCUT2D eigenvalue weighted by Crippen LogP contribution is -2.27. The standard InChI is InChI=1S/C23H22FNO4S/c1-23(2,3)29-22(27)25-20-19(21(26)28-13-15-8-5-4-6-9-15)18(14-30-20)16-10-7-11-17(24)12-16/h4-12,14H,13H2,1-3H3,(H,25,27). The molecule has 0 saturated carbocycles. The zero-order valence-corrected chi connectivity index (χ0v) is 17.7. The molecule has 1 amide bonds. The molecule has 1 heterocycles. The Balaban J connectivity index is 1.91. The molecule has 5 nitrogen and oxygen atoms in total. The Morgan fingerprint density at radius 2 is 1.80 bits per heavy atom. The van der Waals surface area contributed by atoms with Crippen LogP contribution in [0.2, 0.25) is 0 Å². The van der Waals surface area contributed by atoms with Gasteiger partial charge in [-0.2, -0.15) is 0 Å². The average Bonchev–Trinajstić information content (AvgIpc) is 3.09. The van der Waals surface area contributed by atoms with Gasteiger partial charge in [-0.15, -0.1) is 11.3 Å². The second kappa shape index (κ2) is 9.09. The molecule has 0 saturated heterocycles. The predicted molar refractivity (Wildman–Crippen MR) is 115 cm³/mol. The van der Waals surface area contributed by atoms with E-state index >= 15 is 0 Å². The van der Waals surface area contributed by atoms with E-state index in [1.54, 1.807) is 38.3 Å². The molecule has 2 aromatic carbocycles. The van der Waals surface area contributed by atoms with Crippen LogP contribution in [0.15, 0.2) is 60.0 Å². The summed E-state index contributed by atoms with van der Waals surface area (Å²) in [4.78, 5) is 25.2. The zero-order valence-electron chi connectivity index (χ0n) is 16.9. The summed E-state index contributed by atoms with van der Waals surface area (Å²) in [5, 5.41) is 4.57. The molecule has 0 aliphatic heterocycles. The number of rotatable bonds is 5. The lowest BCUT2D eigenvalue weighted by molar-refractivity contribution is 0.0475. The molecule has 0 bridgehead atoms. The molecule has 0 unspecified atom stereocenters. The highest BCUT2D eigenvalue weighted by Gasteiger charge is 2.25. The van der Waals surface area contributed by atoms with Crippen molar-refractivity contribution in [3.8, 4) is 11.1 Å². The van der Waals surface area contributed by atoms with Gasteiger partial charge in [-0.1, -0.05) is 42.5 Å². The molecule has 7 heteroatoms. The maximum Gasteiger partial charge on any atom is 0.412 e. The molecule has 3 rings (SSSR count). The number of ether oxygens (including phenoxy) is 2. The van der Waals surface area contributed by atoms with Crippen LogP contribution in [0.5, 0.6) is 0 Å². The van der Waals surface area contributed by atoms with E-state index in [1.807, 2.05) is 30.3 Å². The SMILES string of the molecule is CC(C)(C)OC(=O)Nc1scc(-c2cccc(F)c2)c1C(=O)OCc1ccccc1. The van der Waals surface area contributed by atoms with Gasteiger partial charge in [0.1, 0.15) is 28.6 Å². The number of amides is 1. The number of halogens is 1. The smallest absolute Gasteiger partial charge is 0.412 e. The van der Waals surface area contributed by atoms with Crippen LogP contribution in [0.4, 0.5) is 14.2 Å². The fraction of sp³-hybridized carbons (Fsp3) is 0.217. The predicted octanol–water partition coefficient (Wildman–Crippen LogP) is 6.26. The highest BCUT2D eigenvalue weighted by Crippen LogP contribution is 2.37. The van der Waals surface area contributed by atoms with Gasteiger partial charge in [0.2, 0.25) is 0 Å². The minimum Gasteiger partial charge on any atom is -0.457 e. The number of esters is 1. The summed E-state index contributed by atoms with van der Waals surface area (Å²) in [6, 6.07) is 15.1. The lowest BCUT2D eigenvalue weighted by Gasteiger charge is -2.19. The van der Waals surface area contributed by atoms with Crippen LogP contribution in [-0.2, 0) is 16.1 Å². The van der Waals surface area contributed by atoms with Crippen molar-refractivity contribution >= 4 is 28.4 Å². The van der Waals surface area contributed by atoms with E-state index < -0.39 is 23.5 Å². The zero-order chi connectivity index (χ0) is 21.7. The van der Waals surface area contributed by atoms with Crippen molar-refractivity contribution in [1.82, 2.24) is 0 Å². The van der Waals surface area contributed by atoms with E-state index in [1.165, 1.54) is 12.1 Å². The summed E-state index contributed by atoms with van der Waals surface area (Å²) in [6.07, 6.45) is -0.688. The number of nitrogens with one attached hydrogen (secondary N) is 1. The van der Waals surface area contributed by atoms with Crippen LogP contribution in [0, 0.1) is 5.82 Å². The number of hydrogen-bond donors (Lipinski definition) is 1. The maximum atomic E-state index is 13.8. The highest BCUT2D eigenvalue weighted by molar-refractivity contribution is 7.15. The summed E-state index contributed by atoms with van der Waals surface area (Å²) in [6.45, 7) is 5.31. The number of hydrogen-bond acceptors (Lipinski definition) is 5. The van der Waals surface area contributed by atoms with E-state index in [0.29, 0.717) is 11.1 Å². The Labute approximate surface area is 178 Å². The summed E-state index contributed by atoms with van der Waals surface area (Å²) < 4.78 is 24.5. The molecule has 0 fully saturated rings. The van der Waals surface area contributed by atoms with Crippen molar-refractivity contribution in [2.24, 2.45) is 0 Å². The van der Waals surface area contributed by atoms with Gasteiger partial charge in [0, 0.05) is 10.9 Å². The Bertz CT molecular complexity index is 1040. The summed E-state index contributed by atoms with van der Waals surface area (Å²) in [5.41, 5.74) is 1.28. The van der Waals surface area contributed by atoms with Gasteiger partial charge >= 0.3 is 12.1 Å². The van der Waals surface area contributed by atoms with Crippen molar-refractivity contribution in [2.45, 2.75) is 33.0 Å². The molecule has 0 radical (unpaired) electrons. The van der Waals surface area contributed by atoms with E-state index in [2.05, 4.69) is 5.32 Å². The number of anilines is 1. The lowest BCUT2D eigenvalue weighted by atomic mass is 10.0. The molecule has 0 atom stereocenters. The topological polar surface area (TPSA) is 64.6 Å². The third-order valence-corrected chi connectivity index (χ3v) is 4.85. The van der Waals surface area contributed by atoms with E-state index in [4.69, 9.17) is 9.47 Å². The van der Waals surface area contributed by atoms with Gasteiger partial charge in [0.25, 0.3) is 0 Å². The first-order chi connectivity index (χ1) is 14.2. The van der Waals surface area contributed by atoms with Gasteiger partial charge < -0.3 is 9.47 Å². The molecule has 0 aliphatic rings. The first-order valence-electron chi connectivity index (χ1n) is 9.31. The van der Waals surface area contributed by atoms with Crippen LogP contribution in [0.25, 0.3) is 11.1 Å². The number of carbonyl (C=O) groups is 2. The summed E-state index contributed by atoms with van der Waals surface area (Å²) in [5.74, 6) is -1.05. The fourth-order valence-electron chi connectivity index (χ4n) is 2.71.